The van der Waals surface area contributed by atoms with Gasteiger partial charge in [-0.05, 0) is 12.8 Å². The molecule has 14 heavy (non-hydrogen) atoms. The van der Waals surface area contributed by atoms with Crippen LogP contribution in [-0.4, -0.2) is 18.6 Å². The summed E-state index contributed by atoms with van der Waals surface area (Å²) in [4.78, 5) is 21.7. The Labute approximate surface area is 83.6 Å². The maximum absolute atomic E-state index is 11.7. The summed E-state index contributed by atoms with van der Waals surface area (Å²) in [7, 11) is 0. The van der Waals surface area contributed by atoms with Gasteiger partial charge in [0.05, 0.1) is 5.92 Å². The molecule has 0 fully saturated rings. The molecule has 82 valence electrons. The van der Waals surface area contributed by atoms with Crippen molar-refractivity contribution >= 4 is 11.9 Å². The van der Waals surface area contributed by atoms with Crippen LogP contribution in [0.3, 0.4) is 0 Å². The lowest BCUT2D eigenvalue weighted by Crippen LogP contribution is -2.21. The first-order chi connectivity index (χ1) is 6.65. The van der Waals surface area contributed by atoms with E-state index >= 15 is 0 Å². The lowest BCUT2D eigenvalue weighted by atomic mass is 10.00. The van der Waals surface area contributed by atoms with Crippen LogP contribution in [0.5, 0.6) is 0 Å². The standard InChI is InChI=1S/C10H17FO3/c1-3-5-6-8(4-2)10(13)14-9(12)7-11/h8H,3-7H2,1-2H3. The number of alkyl halides is 1. The van der Waals surface area contributed by atoms with Gasteiger partial charge in [-0.15, -0.1) is 0 Å². The van der Waals surface area contributed by atoms with Gasteiger partial charge in [0.2, 0.25) is 0 Å². The van der Waals surface area contributed by atoms with E-state index in [0.29, 0.717) is 12.8 Å². The Bertz CT molecular complexity index is 192. The molecule has 0 spiro atoms. The molecule has 0 aromatic heterocycles. The molecule has 0 saturated heterocycles. The molecule has 0 aromatic carbocycles. The van der Waals surface area contributed by atoms with Crippen molar-refractivity contribution in [2.24, 2.45) is 5.92 Å². The van der Waals surface area contributed by atoms with Crippen molar-refractivity contribution < 1.29 is 18.7 Å². The molecule has 0 heterocycles. The van der Waals surface area contributed by atoms with E-state index in [1.54, 1.807) is 0 Å². The Morgan fingerprint density at radius 2 is 2.00 bits per heavy atom. The number of carbonyl (C=O) groups is 2. The molecule has 0 amide bonds. The van der Waals surface area contributed by atoms with E-state index < -0.39 is 18.6 Å². The largest absolute Gasteiger partial charge is 0.391 e. The molecule has 0 aliphatic rings. The summed E-state index contributed by atoms with van der Waals surface area (Å²) in [6.07, 6.45) is 3.22. The van der Waals surface area contributed by atoms with Gasteiger partial charge in [-0.3, -0.25) is 4.79 Å². The Kier molecular flexibility index (Phi) is 6.98. The van der Waals surface area contributed by atoms with Gasteiger partial charge >= 0.3 is 11.9 Å². The molecule has 0 saturated carbocycles. The highest BCUT2D eigenvalue weighted by Gasteiger charge is 2.20. The van der Waals surface area contributed by atoms with E-state index in [4.69, 9.17) is 0 Å². The topological polar surface area (TPSA) is 43.4 Å². The zero-order chi connectivity index (χ0) is 11.0. The third-order valence-corrected chi connectivity index (χ3v) is 2.06. The van der Waals surface area contributed by atoms with Crippen molar-refractivity contribution in [2.45, 2.75) is 39.5 Å². The molecule has 0 bridgehead atoms. The predicted octanol–water partition coefficient (Wildman–Crippen LogP) is 2.24. The van der Waals surface area contributed by atoms with Crippen LogP contribution in [0.25, 0.3) is 0 Å². The van der Waals surface area contributed by atoms with Crippen LogP contribution in [0.4, 0.5) is 4.39 Å². The average molecular weight is 204 g/mol. The molecule has 0 radical (unpaired) electrons. The molecule has 3 nitrogen and oxygen atoms in total. The highest BCUT2D eigenvalue weighted by molar-refractivity contribution is 5.87. The first-order valence-electron chi connectivity index (χ1n) is 4.96. The second-order valence-corrected chi connectivity index (χ2v) is 3.17. The van der Waals surface area contributed by atoms with Gasteiger partial charge in [-0.1, -0.05) is 26.7 Å². The molecule has 0 N–H and O–H groups in total. The minimum atomic E-state index is -1.24. The number of hydrogen-bond acceptors (Lipinski definition) is 3. The Hall–Kier alpha value is -0.930. The third-order valence-electron chi connectivity index (χ3n) is 2.06. The first kappa shape index (κ1) is 13.1. The van der Waals surface area contributed by atoms with Crippen LogP contribution < -0.4 is 0 Å². The number of unbranched alkanes of at least 4 members (excludes halogenated alkanes) is 1. The van der Waals surface area contributed by atoms with Gasteiger partial charge in [0, 0.05) is 0 Å². The predicted molar refractivity (Wildman–Crippen MR) is 50.4 cm³/mol. The highest BCUT2D eigenvalue weighted by atomic mass is 19.1. The van der Waals surface area contributed by atoms with E-state index in [-0.39, 0.29) is 5.92 Å². The maximum Gasteiger partial charge on any atom is 0.345 e. The summed E-state index contributed by atoms with van der Waals surface area (Å²) < 4.78 is 16.0. The number of ether oxygens (including phenoxy) is 1. The van der Waals surface area contributed by atoms with E-state index in [0.717, 1.165) is 12.8 Å². The normalized spacial score (nSPS) is 12.2. The summed E-state index contributed by atoms with van der Waals surface area (Å²) >= 11 is 0. The zero-order valence-electron chi connectivity index (χ0n) is 8.72. The molecule has 1 atom stereocenters. The van der Waals surface area contributed by atoms with Crippen LogP contribution in [0, 0.1) is 5.92 Å². The second-order valence-electron chi connectivity index (χ2n) is 3.17. The number of hydrogen-bond donors (Lipinski definition) is 0. The summed E-state index contributed by atoms with van der Waals surface area (Å²) in [6.45, 7) is 2.63. The fourth-order valence-electron chi connectivity index (χ4n) is 1.16. The van der Waals surface area contributed by atoms with Gasteiger partial charge in [-0.2, -0.15) is 0 Å². The number of esters is 2. The average Bonchev–Trinajstić information content (AvgIpc) is 2.18. The minimum absolute atomic E-state index is 0.273. The van der Waals surface area contributed by atoms with Crippen molar-refractivity contribution in [1.29, 1.82) is 0 Å². The van der Waals surface area contributed by atoms with Crippen molar-refractivity contribution in [3.8, 4) is 0 Å². The quantitative estimate of drug-likeness (QED) is 0.492. The minimum Gasteiger partial charge on any atom is -0.391 e. The van der Waals surface area contributed by atoms with Crippen molar-refractivity contribution in [3.05, 3.63) is 0 Å². The van der Waals surface area contributed by atoms with Crippen molar-refractivity contribution in [2.75, 3.05) is 6.67 Å². The van der Waals surface area contributed by atoms with E-state index in [2.05, 4.69) is 4.74 Å². The van der Waals surface area contributed by atoms with Gasteiger partial charge in [-0.25, -0.2) is 9.18 Å². The van der Waals surface area contributed by atoms with Gasteiger partial charge in [0.25, 0.3) is 0 Å². The van der Waals surface area contributed by atoms with Crippen LogP contribution >= 0.6 is 0 Å². The maximum atomic E-state index is 11.7. The summed E-state index contributed by atoms with van der Waals surface area (Å²) in [6, 6.07) is 0. The van der Waals surface area contributed by atoms with E-state index in [1.807, 2.05) is 13.8 Å². The monoisotopic (exact) mass is 204 g/mol. The second kappa shape index (κ2) is 7.47. The van der Waals surface area contributed by atoms with Crippen molar-refractivity contribution in [3.63, 3.8) is 0 Å². The van der Waals surface area contributed by atoms with E-state index in [1.165, 1.54) is 0 Å². The lowest BCUT2D eigenvalue weighted by Gasteiger charge is -2.11. The molecule has 4 heteroatoms. The molecule has 1 unspecified atom stereocenters. The molecule has 0 rings (SSSR count). The van der Waals surface area contributed by atoms with Crippen LogP contribution in [-0.2, 0) is 14.3 Å². The van der Waals surface area contributed by atoms with Gasteiger partial charge < -0.3 is 4.74 Å². The fourth-order valence-corrected chi connectivity index (χ4v) is 1.16. The van der Waals surface area contributed by atoms with E-state index in [9.17, 15) is 14.0 Å². The van der Waals surface area contributed by atoms with Crippen LogP contribution in [0.15, 0.2) is 0 Å². The Morgan fingerprint density at radius 3 is 2.43 bits per heavy atom. The summed E-state index contributed by atoms with van der Waals surface area (Å²) in [5, 5.41) is 0. The number of carbonyl (C=O) groups excluding carboxylic acids is 2. The molecular weight excluding hydrogens is 187 g/mol. The molecular formula is C10H17FO3. The number of halogens is 1. The zero-order valence-corrected chi connectivity index (χ0v) is 8.72. The van der Waals surface area contributed by atoms with Gasteiger partial charge in [0.15, 0.2) is 6.67 Å². The molecule has 0 aliphatic carbocycles. The van der Waals surface area contributed by atoms with Gasteiger partial charge in [0.1, 0.15) is 0 Å². The molecule has 0 aliphatic heterocycles. The number of rotatable bonds is 6. The fraction of sp³-hybridized carbons (Fsp3) is 0.800. The van der Waals surface area contributed by atoms with Crippen LogP contribution in [0.1, 0.15) is 39.5 Å². The summed E-state index contributed by atoms with van der Waals surface area (Å²) in [5.41, 5.74) is 0. The smallest absolute Gasteiger partial charge is 0.345 e. The van der Waals surface area contributed by atoms with Crippen molar-refractivity contribution in [1.82, 2.24) is 0 Å². The third kappa shape index (κ3) is 4.94. The Balaban J connectivity index is 3.97. The van der Waals surface area contributed by atoms with Crippen LogP contribution in [0.2, 0.25) is 0 Å². The SMILES string of the molecule is CCCCC(CC)C(=O)OC(=O)CF. The first-order valence-corrected chi connectivity index (χ1v) is 4.96. The summed E-state index contributed by atoms with van der Waals surface area (Å²) in [5.74, 6) is -1.96. The lowest BCUT2D eigenvalue weighted by molar-refractivity contribution is -0.163. The Morgan fingerprint density at radius 1 is 1.36 bits per heavy atom. The highest BCUT2D eigenvalue weighted by Crippen LogP contribution is 2.14. The molecule has 0 aromatic rings.